The number of halogens is 1. The van der Waals surface area contributed by atoms with Crippen LogP contribution >= 0.6 is 0 Å². The molecule has 1 fully saturated rings. The topological polar surface area (TPSA) is 83.5 Å². The monoisotopic (exact) mass is 414 g/mol. The van der Waals surface area contributed by atoms with Crippen molar-refractivity contribution >= 4 is 32.5 Å². The fourth-order valence-corrected chi connectivity index (χ4v) is 4.10. The number of carbonyl (C=O) groups is 1. The van der Waals surface area contributed by atoms with Crippen LogP contribution in [0.4, 0.5) is 10.2 Å². The first-order chi connectivity index (χ1) is 13.8. The van der Waals surface area contributed by atoms with Gasteiger partial charge < -0.3 is 9.80 Å². The summed E-state index contributed by atoms with van der Waals surface area (Å²) in [6.45, 7) is 1.95. The third kappa shape index (κ3) is 3.91. The molecule has 4 rings (SSSR count). The molecule has 2 heterocycles. The van der Waals surface area contributed by atoms with E-state index in [-0.39, 0.29) is 16.6 Å². The van der Waals surface area contributed by atoms with Gasteiger partial charge in [0.2, 0.25) is 0 Å². The van der Waals surface area contributed by atoms with Crippen LogP contribution in [-0.2, 0) is 9.84 Å². The second kappa shape index (κ2) is 7.40. The smallest absolute Gasteiger partial charge is 0.254 e. The number of hydrogen-bond acceptors (Lipinski definition) is 6. The van der Waals surface area contributed by atoms with Crippen molar-refractivity contribution in [1.82, 2.24) is 14.9 Å². The maximum atomic E-state index is 13.7. The Morgan fingerprint density at radius 3 is 2.52 bits per heavy atom. The molecule has 29 heavy (non-hydrogen) atoms. The van der Waals surface area contributed by atoms with Gasteiger partial charge in [-0.05, 0) is 36.4 Å². The van der Waals surface area contributed by atoms with Gasteiger partial charge in [0.25, 0.3) is 5.91 Å². The number of amides is 1. The molecular weight excluding hydrogens is 395 g/mol. The van der Waals surface area contributed by atoms with Crippen molar-refractivity contribution in [3.63, 3.8) is 0 Å². The molecule has 1 aliphatic rings. The molecule has 9 heteroatoms. The molecule has 1 saturated heterocycles. The lowest BCUT2D eigenvalue weighted by atomic mass is 10.1. The summed E-state index contributed by atoms with van der Waals surface area (Å²) in [5.41, 5.74) is 1.00. The van der Waals surface area contributed by atoms with E-state index < -0.39 is 9.84 Å². The average Bonchev–Trinajstić information content (AvgIpc) is 2.72. The quantitative estimate of drug-likeness (QED) is 0.653. The van der Waals surface area contributed by atoms with Crippen molar-refractivity contribution in [1.29, 1.82) is 0 Å². The van der Waals surface area contributed by atoms with Crippen LogP contribution in [0.25, 0.3) is 10.9 Å². The number of aromatic nitrogens is 2. The molecule has 0 N–H and O–H groups in total. The molecule has 7 nitrogen and oxygen atoms in total. The molecule has 1 amide bonds. The average molecular weight is 414 g/mol. The van der Waals surface area contributed by atoms with Gasteiger partial charge in [0.1, 0.15) is 18.0 Å². The Morgan fingerprint density at radius 2 is 1.79 bits per heavy atom. The van der Waals surface area contributed by atoms with E-state index in [1.165, 1.54) is 30.6 Å². The molecule has 3 aromatic rings. The zero-order valence-corrected chi connectivity index (χ0v) is 16.6. The lowest BCUT2D eigenvalue weighted by Gasteiger charge is -2.35. The summed E-state index contributed by atoms with van der Waals surface area (Å²) < 4.78 is 37.2. The molecule has 0 atom stereocenters. The molecule has 0 aliphatic carbocycles. The second-order valence-electron chi connectivity index (χ2n) is 6.94. The summed E-state index contributed by atoms with van der Waals surface area (Å²) in [5, 5.41) is 0.633. The minimum absolute atomic E-state index is 0.122. The summed E-state index contributed by atoms with van der Waals surface area (Å²) in [5.74, 6) is 0.0718. The number of sulfone groups is 1. The van der Waals surface area contributed by atoms with Crippen LogP contribution in [0, 0.1) is 5.82 Å². The predicted octanol–water partition coefficient (Wildman–Crippen LogP) is 2.13. The Morgan fingerprint density at radius 1 is 1.03 bits per heavy atom. The predicted molar refractivity (Wildman–Crippen MR) is 107 cm³/mol. The van der Waals surface area contributed by atoms with E-state index in [1.54, 1.807) is 23.1 Å². The molecule has 0 spiro atoms. The van der Waals surface area contributed by atoms with Crippen LogP contribution in [0.3, 0.4) is 0 Å². The van der Waals surface area contributed by atoms with Crippen molar-refractivity contribution < 1.29 is 17.6 Å². The van der Waals surface area contributed by atoms with Gasteiger partial charge in [-0.2, -0.15) is 0 Å². The number of fused-ring (bicyclic) bond motifs is 1. The highest BCUT2D eigenvalue weighted by Gasteiger charge is 2.24. The van der Waals surface area contributed by atoms with Gasteiger partial charge >= 0.3 is 0 Å². The standard InChI is InChI=1S/C20H19FN4O3S/c1-29(27,28)16-4-2-3-14(11-16)20(26)25-9-7-24(8-10-25)19-17-12-15(21)5-6-18(17)22-13-23-19/h2-6,11-13H,7-10H2,1H3. The van der Waals surface area contributed by atoms with E-state index in [9.17, 15) is 17.6 Å². The Balaban J connectivity index is 1.52. The summed E-state index contributed by atoms with van der Waals surface area (Å²) >= 11 is 0. The van der Waals surface area contributed by atoms with Crippen LogP contribution in [0.2, 0.25) is 0 Å². The van der Waals surface area contributed by atoms with Crippen molar-refractivity contribution in [2.75, 3.05) is 37.3 Å². The van der Waals surface area contributed by atoms with E-state index in [2.05, 4.69) is 9.97 Å². The van der Waals surface area contributed by atoms with Crippen LogP contribution in [0.5, 0.6) is 0 Å². The van der Waals surface area contributed by atoms with Crippen molar-refractivity contribution in [3.8, 4) is 0 Å². The fraction of sp³-hybridized carbons (Fsp3) is 0.250. The van der Waals surface area contributed by atoms with Gasteiger partial charge in [0.05, 0.1) is 10.4 Å². The van der Waals surface area contributed by atoms with Crippen LogP contribution < -0.4 is 4.90 Å². The number of rotatable bonds is 3. The highest BCUT2D eigenvalue weighted by atomic mass is 32.2. The molecular formula is C20H19FN4O3S. The van der Waals surface area contributed by atoms with Crippen molar-refractivity contribution in [2.45, 2.75) is 4.90 Å². The van der Waals surface area contributed by atoms with Gasteiger partial charge in [-0.15, -0.1) is 0 Å². The second-order valence-corrected chi connectivity index (χ2v) is 8.95. The fourth-order valence-electron chi connectivity index (χ4n) is 3.43. The van der Waals surface area contributed by atoms with E-state index in [0.717, 1.165) is 6.26 Å². The number of hydrogen-bond donors (Lipinski definition) is 0. The lowest BCUT2D eigenvalue weighted by molar-refractivity contribution is 0.0746. The van der Waals surface area contributed by atoms with E-state index >= 15 is 0 Å². The van der Waals surface area contributed by atoms with Gasteiger partial charge in [0, 0.05) is 43.4 Å². The summed E-state index contributed by atoms with van der Waals surface area (Å²) in [4.78, 5) is 25.1. The maximum absolute atomic E-state index is 13.7. The number of piperazine rings is 1. The first-order valence-corrected chi connectivity index (χ1v) is 11.0. The maximum Gasteiger partial charge on any atom is 0.254 e. The minimum Gasteiger partial charge on any atom is -0.352 e. The Bertz CT molecular complexity index is 1190. The third-order valence-corrected chi connectivity index (χ3v) is 6.06. The van der Waals surface area contributed by atoms with Gasteiger partial charge in [-0.25, -0.2) is 22.8 Å². The Hall–Kier alpha value is -3.07. The van der Waals surface area contributed by atoms with E-state index in [0.29, 0.717) is 48.5 Å². The molecule has 0 bridgehead atoms. The molecule has 1 aliphatic heterocycles. The number of benzene rings is 2. The van der Waals surface area contributed by atoms with Crippen LogP contribution in [-0.4, -0.2) is 61.6 Å². The summed E-state index contributed by atoms with van der Waals surface area (Å²) in [6.07, 6.45) is 2.56. The van der Waals surface area contributed by atoms with Crippen molar-refractivity contribution in [3.05, 3.63) is 60.2 Å². The van der Waals surface area contributed by atoms with Crippen LogP contribution in [0.15, 0.2) is 53.7 Å². The highest BCUT2D eigenvalue weighted by molar-refractivity contribution is 7.90. The first kappa shape index (κ1) is 19.3. The molecule has 1 aromatic heterocycles. The third-order valence-electron chi connectivity index (χ3n) is 4.95. The Labute approximate surface area is 167 Å². The largest absolute Gasteiger partial charge is 0.352 e. The number of anilines is 1. The van der Waals surface area contributed by atoms with E-state index in [4.69, 9.17) is 0 Å². The van der Waals surface area contributed by atoms with Gasteiger partial charge in [-0.1, -0.05) is 6.07 Å². The van der Waals surface area contributed by atoms with Gasteiger partial charge in [-0.3, -0.25) is 4.79 Å². The van der Waals surface area contributed by atoms with Gasteiger partial charge in [0.15, 0.2) is 9.84 Å². The number of nitrogens with zero attached hydrogens (tertiary/aromatic N) is 4. The normalized spacial score (nSPS) is 15.0. The molecule has 0 radical (unpaired) electrons. The molecule has 0 unspecified atom stereocenters. The lowest BCUT2D eigenvalue weighted by Crippen LogP contribution is -2.49. The summed E-state index contributed by atoms with van der Waals surface area (Å²) in [7, 11) is -3.38. The zero-order valence-electron chi connectivity index (χ0n) is 15.7. The molecule has 0 saturated carbocycles. The molecule has 150 valence electrons. The van der Waals surface area contributed by atoms with Crippen molar-refractivity contribution in [2.24, 2.45) is 0 Å². The van der Waals surface area contributed by atoms with E-state index in [1.807, 2.05) is 4.90 Å². The minimum atomic E-state index is -3.38. The Kier molecular flexibility index (Phi) is 4.91. The zero-order chi connectivity index (χ0) is 20.6. The summed E-state index contributed by atoms with van der Waals surface area (Å²) in [6, 6.07) is 10.5. The SMILES string of the molecule is CS(=O)(=O)c1cccc(C(=O)N2CCN(c3ncnc4ccc(F)cc34)CC2)c1. The highest BCUT2D eigenvalue weighted by Crippen LogP contribution is 2.25. The number of carbonyl (C=O) groups excluding carboxylic acids is 1. The first-order valence-electron chi connectivity index (χ1n) is 9.07. The molecule has 2 aromatic carbocycles. The van der Waals surface area contributed by atoms with Crippen LogP contribution in [0.1, 0.15) is 10.4 Å².